The lowest BCUT2D eigenvalue weighted by Crippen LogP contribution is -2.14. The third-order valence-corrected chi connectivity index (χ3v) is 1.63. The maximum absolute atomic E-state index is 5.71. The van der Waals surface area contributed by atoms with Gasteiger partial charge < -0.3 is 16.8 Å². The second-order valence-corrected chi connectivity index (χ2v) is 3.29. The molecule has 1 aromatic rings. The second kappa shape index (κ2) is 3.66. The highest BCUT2D eigenvalue weighted by Crippen LogP contribution is 2.22. The molecule has 72 valence electrons. The molecule has 0 radical (unpaired) electrons. The molecule has 0 saturated carbocycles. The fourth-order valence-corrected chi connectivity index (χ4v) is 0.958. The predicted molar refractivity (Wildman–Crippen MR) is 54.6 cm³/mol. The first-order chi connectivity index (χ1) is 6.00. The number of aromatic nitrogens is 2. The molecule has 0 amide bonds. The summed E-state index contributed by atoms with van der Waals surface area (Å²) in [6.07, 6.45) is 0. The van der Waals surface area contributed by atoms with Crippen LogP contribution in [0.3, 0.4) is 0 Å². The summed E-state index contributed by atoms with van der Waals surface area (Å²) in [4.78, 5) is 7.83. The topological polar surface area (TPSA) is 89.8 Å². The molecule has 0 aromatic carbocycles. The molecule has 0 saturated heterocycles. The first-order valence-electron chi connectivity index (χ1n) is 3.85. The van der Waals surface area contributed by atoms with E-state index >= 15 is 0 Å². The molecule has 0 aliphatic carbocycles. The van der Waals surface area contributed by atoms with Crippen LogP contribution in [0.25, 0.3) is 0 Å². The van der Waals surface area contributed by atoms with Crippen molar-refractivity contribution >= 4 is 29.1 Å². The predicted octanol–water partition coefficient (Wildman–Crippen LogP) is 1.11. The number of anilines is 3. The fourth-order valence-electron chi connectivity index (χ4n) is 0.781. The Kier molecular flexibility index (Phi) is 2.77. The number of hydrogen-bond acceptors (Lipinski definition) is 5. The van der Waals surface area contributed by atoms with Crippen LogP contribution in [0.1, 0.15) is 13.8 Å². The van der Waals surface area contributed by atoms with Crippen LogP contribution in [0.15, 0.2) is 0 Å². The molecule has 5 nitrogen and oxygen atoms in total. The van der Waals surface area contributed by atoms with Crippen LogP contribution in [0.5, 0.6) is 0 Å². The van der Waals surface area contributed by atoms with E-state index in [1.54, 1.807) is 0 Å². The van der Waals surface area contributed by atoms with Crippen molar-refractivity contribution in [1.82, 2.24) is 9.97 Å². The Balaban J connectivity index is 2.99. The summed E-state index contributed by atoms with van der Waals surface area (Å²) >= 11 is 5.71. The summed E-state index contributed by atoms with van der Waals surface area (Å²) in [6, 6.07) is 0.221. The molecule has 0 bridgehead atoms. The Bertz CT molecular complexity index is 289. The Labute approximate surface area is 81.5 Å². The maximum atomic E-state index is 5.71. The molecule has 1 heterocycles. The lowest BCUT2D eigenvalue weighted by Gasteiger charge is -2.09. The van der Waals surface area contributed by atoms with E-state index in [0.29, 0.717) is 5.95 Å². The molecule has 1 rings (SSSR count). The van der Waals surface area contributed by atoms with Gasteiger partial charge in [-0.1, -0.05) is 11.6 Å². The largest absolute Gasteiger partial charge is 0.393 e. The van der Waals surface area contributed by atoms with Crippen LogP contribution in [0, 0.1) is 0 Å². The van der Waals surface area contributed by atoms with Gasteiger partial charge in [-0.2, -0.15) is 9.97 Å². The van der Waals surface area contributed by atoms with Crippen molar-refractivity contribution in [3.63, 3.8) is 0 Å². The van der Waals surface area contributed by atoms with Gasteiger partial charge in [-0.15, -0.1) is 0 Å². The Hall–Kier alpha value is -1.23. The molecule has 13 heavy (non-hydrogen) atoms. The fraction of sp³-hybridized carbons (Fsp3) is 0.429. The lowest BCUT2D eigenvalue weighted by molar-refractivity contribution is 0.876. The lowest BCUT2D eigenvalue weighted by atomic mass is 10.4. The van der Waals surface area contributed by atoms with Crippen molar-refractivity contribution in [2.45, 2.75) is 19.9 Å². The Morgan fingerprint density at radius 2 is 1.92 bits per heavy atom. The summed E-state index contributed by atoms with van der Waals surface area (Å²) in [6.45, 7) is 3.92. The van der Waals surface area contributed by atoms with Crippen LogP contribution in [0.2, 0.25) is 5.15 Å². The van der Waals surface area contributed by atoms with Gasteiger partial charge in [-0.25, -0.2) is 0 Å². The molecule has 1 aromatic heterocycles. The van der Waals surface area contributed by atoms with Crippen LogP contribution >= 0.6 is 11.6 Å². The van der Waals surface area contributed by atoms with Crippen LogP contribution < -0.4 is 16.8 Å². The minimum Gasteiger partial charge on any atom is -0.393 e. The van der Waals surface area contributed by atoms with E-state index < -0.39 is 0 Å². The van der Waals surface area contributed by atoms with Gasteiger partial charge in [-0.3, -0.25) is 0 Å². The van der Waals surface area contributed by atoms with Gasteiger partial charge in [-0.05, 0) is 13.8 Å². The zero-order valence-electron chi connectivity index (χ0n) is 7.50. The van der Waals surface area contributed by atoms with E-state index in [0.717, 1.165) is 0 Å². The summed E-state index contributed by atoms with van der Waals surface area (Å²) in [5, 5.41) is 3.15. The number of hydrogen-bond donors (Lipinski definition) is 3. The van der Waals surface area contributed by atoms with Gasteiger partial charge in [0, 0.05) is 6.04 Å². The van der Waals surface area contributed by atoms with Gasteiger partial charge in [0.2, 0.25) is 5.95 Å². The third kappa shape index (κ3) is 2.35. The standard InChI is InChI=1S/C7H12ClN5/c1-3(2)11-7-12-5(8)4(9)6(10)13-7/h3H,9H2,1-2H3,(H3,10,11,12,13). The average molecular weight is 202 g/mol. The number of nitrogen functional groups attached to an aromatic ring is 2. The molecular weight excluding hydrogens is 190 g/mol. The van der Waals surface area contributed by atoms with Gasteiger partial charge in [0.25, 0.3) is 0 Å². The number of nitrogens with one attached hydrogen (secondary N) is 1. The number of nitrogens with zero attached hydrogens (tertiary/aromatic N) is 2. The summed E-state index contributed by atoms with van der Waals surface area (Å²) < 4.78 is 0. The van der Waals surface area contributed by atoms with Crippen molar-refractivity contribution in [3.8, 4) is 0 Å². The number of nitrogens with two attached hydrogens (primary N) is 2. The number of rotatable bonds is 2. The summed E-state index contributed by atoms with van der Waals surface area (Å²) in [7, 11) is 0. The van der Waals surface area contributed by atoms with E-state index in [-0.39, 0.29) is 22.7 Å². The van der Waals surface area contributed by atoms with Crippen LogP contribution in [0.4, 0.5) is 17.5 Å². The molecule has 0 unspecified atom stereocenters. The highest BCUT2D eigenvalue weighted by molar-refractivity contribution is 6.32. The zero-order chi connectivity index (χ0) is 10.0. The maximum Gasteiger partial charge on any atom is 0.226 e. The monoisotopic (exact) mass is 201 g/mol. The second-order valence-electron chi connectivity index (χ2n) is 2.94. The van der Waals surface area contributed by atoms with E-state index in [2.05, 4.69) is 15.3 Å². The molecule has 5 N–H and O–H groups in total. The molecule has 0 aliphatic rings. The molecule has 6 heteroatoms. The number of halogens is 1. The van der Waals surface area contributed by atoms with Crippen molar-refractivity contribution in [2.75, 3.05) is 16.8 Å². The summed E-state index contributed by atoms with van der Waals surface area (Å²) in [5.74, 6) is 0.592. The van der Waals surface area contributed by atoms with Gasteiger partial charge in [0.15, 0.2) is 11.0 Å². The van der Waals surface area contributed by atoms with E-state index in [9.17, 15) is 0 Å². The Morgan fingerprint density at radius 1 is 1.31 bits per heavy atom. The highest BCUT2D eigenvalue weighted by atomic mass is 35.5. The first-order valence-corrected chi connectivity index (χ1v) is 4.23. The highest BCUT2D eigenvalue weighted by Gasteiger charge is 2.07. The normalized spacial score (nSPS) is 10.5. The van der Waals surface area contributed by atoms with Crippen LogP contribution in [-0.4, -0.2) is 16.0 Å². The van der Waals surface area contributed by atoms with Crippen molar-refractivity contribution < 1.29 is 0 Å². The average Bonchev–Trinajstić information content (AvgIpc) is 1.98. The SMILES string of the molecule is CC(C)Nc1nc(N)c(N)c(Cl)n1. The third-order valence-electron chi connectivity index (χ3n) is 1.35. The molecule has 0 spiro atoms. The van der Waals surface area contributed by atoms with E-state index in [1.165, 1.54) is 0 Å². The van der Waals surface area contributed by atoms with E-state index in [1.807, 2.05) is 13.8 Å². The molecular formula is C7H12ClN5. The van der Waals surface area contributed by atoms with Gasteiger partial charge >= 0.3 is 0 Å². The first kappa shape index (κ1) is 9.85. The molecule has 0 atom stereocenters. The smallest absolute Gasteiger partial charge is 0.226 e. The molecule has 0 fully saturated rings. The van der Waals surface area contributed by atoms with Gasteiger partial charge in [0.05, 0.1) is 0 Å². The minimum absolute atomic E-state index is 0.177. The van der Waals surface area contributed by atoms with Crippen molar-refractivity contribution in [3.05, 3.63) is 5.15 Å². The van der Waals surface area contributed by atoms with Crippen LogP contribution in [-0.2, 0) is 0 Å². The summed E-state index contributed by atoms with van der Waals surface area (Å²) in [5.41, 5.74) is 11.2. The zero-order valence-corrected chi connectivity index (χ0v) is 8.26. The van der Waals surface area contributed by atoms with Crippen molar-refractivity contribution in [2.24, 2.45) is 0 Å². The molecule has 0 aliphatic heterocycles. The Morgan fingerprint density at radius 3 is 2.38 bits per heavy atom. The minimum atomic E-state index is 0.177. The van der Waals surface area contributed by atoms with Gasteiger partial charge in [0.1, 0.15) is 5.69 Å². The van der Waals surface area contributed by atoms with Crippen molar-refractivity contribution in [1.29, 1.82) is 0 Å². The quantitative estimate of drug-likeness (QED) is 0.624. The van der Waals surface area contributed by atoms with E-state index in [4.69, 9.17) is 23.1 Å².